The predicted octanol–water partition coefficient (Wildman–Crippen LogP) is 2.15. The van der Waals surface area contributed by atoms with Crippen LogP contribution in [0, 0.1) is 0 Å². The van der Waals surface area contributed by atoms with Crippen molar-refractivity contribution in [3.05, 3.63) is 41.7 Å². The van der Waals surface area contributed by atoms with Gasteiger partial charge in [-0.1, -0.05) is 12.1 Å². The molecule has 92 valence electrons. The molecule has 5 nitrogen and oxygen atoms in total. The van der Waals surface area contributed by atoms with Crippen LogP contribution in [-0.2, 0) is 0 Å². The lowest BCUT2D eigenvalue weighted by molar-refractivity contribution is 0.0695. The number of aromatic hydroxyl groups is 1. The first-order chi connectivity index (χ1) is 8.68. The first-order valence-electron chi connectivity index (χ1n) is 5.78. The molecule has 18 heavy (non-hydrogen) atoms. The van der Waals surface area contributed by atoms with Crippen LogP contribution in [0.4, 0.5) is 0 Å². The highest BCUT2D eigenvalue weighted by Gasteiger charge is 2.33. The average molecular weight is 244 g/mol. The maximum atomic E-state index is 11.2. The van der Waals surface area contributed by atoms with Crippen LogP contribution in [0.15, 0.2) is 30.5 Å². The summed E-state index contributed by atoms with van der Waals surface area (Å²) in [5.41, 5.74) is 1.43. The summed E-state index contributed by atoms with van der Waals surface area (Å²) >= 11 is 0. The maximum absolute atomic E-state index is 11.2. The number of hydrogen-bond donors (Lipinski definition) is 2. The fourth-order valence-corrected chi connectivity index (χ4v) is 2.11. The molecular weight excluding hydrogens is 232 g/mol. The summed E-state index contributed by atoms with van der Waals surface area (Å²) in [6.45, 7) is 0. The van der Waals surface area contributed by atoms with Crippen molar-refractivity contribution in [2.45, 2.75) is 18.8 Å². The van der Waals surface area contributed by atoms with Crippen molar-refractivity contribution in [3.63, 3.8) is 0 Å². The Balaban J connectivity index is 2.18. The van der Waals surface area contributed by atoms with E-state index in [0.29, 0.717) is 11.4 Å². The molecule has 1 fully saturated rings. The Kier molecular flexibility index (Phi) is 2.33. The van der Waals surface area contributed by atoms with Crippen LogP contribution in [0.25, 0.3) is 5.69 Å². The van der Waals surface area contributed by atoms with E-state index >= 15 is 0 Å². The number of benzene rings is 1. The summed E-state index contributed by atoms with van der Waals surface area (Å²) in [5, 5.41) is 23.1. The van der Waals surface area contributed by atoms with E-state index in [1.54, 1.807) is 24.3 Å². The zero-order valence-corrected chi connectivity index (χ0v) is 9.58. The Bertz CT molecular complexity index is 614. The van der Waals surface area contributed by atoms with E-state index in [2.05, 4.69) is 5.10 Å². The minimum absolute atomic E-state index is 0.0967. The zero-order chi connectivity index (χ0) is 12.7. The molecule has 1 aliphatic rings. The Labute approximate surface area is 103 Å². The molecule has 0 unspecified atom stereocenters. The molecule has 1 heterocycles. The number of para-hydroxylation sites is 2. The van der Waals surface area contributed by atoms with Crippen LogP contribution in [0.5, 0.6) is 5.75 Å². The highest BCUT2D eigenvalue weighted by molar-refractivity contribution is 5.89. The number of carboxylic acids is 1. The summed E-state index contributed by atoms with van der Waals surface area (Å²) < 4.78 is 1.54. The van der Waals surface area contributed by atoms with Gasteiger partial charge in [-0.15, -0.1) is 0 Å². The van der Waals surface area contributed by atoms with Crippen LogP contribution >= 0.6 is 0 Å². The number of carbonyl (C=O) groups is 1. The molecule has 1 aromatic carbocycles. The second-order valence-corrected chi connectivity index (χ2v) is 4.42. The van der Waals surface area contributed by atoms with Crippen LogP contribution < -0.4 is 0 Å². The van der Waals surface area contributed by atoms with E-state index in [0.717, 1.165) is 12.8 Å². The number of phenolic OH excluding ortho intramolecular Hbond substituents is 1. The minimum Gasteiger partial charge on any atom is -0.506 e. The van der Waals surface area contributed by atoms with Gasteiger partial charge in [0.1, 0.15) is 17.0 Å². The quantitative estimate of drug-likeness (QED) is 0.867. The molecule has 0 radical (unpaired) electrons. The van der Waals surface area contributed by atoms with Crippen molar-refractivity contribution in [2.24, 2.45) is 0 Å². The minimum atomic E-state index is -0.974. The van der Waals surface area contributed by atoms with E-state index in [9.17, 15) is 9.90 Å². The summed E-state index contributed by atoms with van der Waals surface area (Å²) in [4.78, 5) is 11.2. The molecule has 5 heteroatoms. The number of phenols is 1. The Hall–Kier alpha value is -2.30. The molecule has 0 spiro atoms. The molecule has 2 aromatic rings. The smallest absolute Gasteiger partial charge is 0.339 e. The van der Waals surface area contributed by atoms with E-state index in [4.69, 9.17) is 5.11 Å². The third-order valence-electron chi connectivity index (χ3n) is 3.11. The standard InChI is InChI=1S/C13H12N2O3/c16-11-4-2-1-3-10(11)15-12(8-5-6-8)9(7-14-15)13(17)18/h1-4,7-8,16H,5-6H2,(H,17,18). The third kappa shape index (κ3) is 1.64. The van der Waals surface area contributed by atoms with E-state index < -0.39 is 5.97 Å². The molecule has 0 atom stereocenters. The van der Waals surface area contributed by atoms with Crippen molar-refractivity contribution < 1.29 is 15.0 Å². The number of rotatable bonds is 3. The Morgan fingerprint density at radius 2 is 2.06 bits per heavy atom. The number of hydrogen-bond acceptors (Lipinski definition) is 3. The molecule has 0 amide bonds. The SMILES string of the molecule is O=C(O)c1cnn(-c2ccccc2O)c1C1CC1. The zero-order valence-electron chi connectivity index (χ0n) is 9.58. The van der Waals surface area contributed by atoms with Crippen molar-refractivity contribution in [1.82, 2.24) is 9.78 Å². The van der Waals surface area contributed by atoms with Gasteiger partial charge < -0.3 is 10.2 Å². The first-order valence-corrected chi connectivity index (χ1v) is 5.78. The van der Waals surface area contributed by atoms with Crippen LogP contribution in [0.1, 0.15) is 34.8 Å². The van der Waals surface area contributed by atoms with Gasteiger partial charge in [0.2, 0.25) is 0 Å². The highest BCUT2D eigenvalue weighted by Crippen LogP contribution is 2.43. The number of nitrogens with zero attached hydrogens (tertiary/aromatic N) is 2. The normalized spacial score (nSPS) is 14.7. The number of aromatic nitrogens is 2. The number of aromatic carboxylic acids is 1. The van der Waals surface area contributed by atoms with Gasteiger partial charge in [-0.2, -0.15) is 5.10 Å². The lowest BCUT2D eigenvalue weighted by atomic mass is 10.1. The fourth-order valence-electron chi connectivity index (χ4n) is 2.11. The maximum Gasteiger partial charge on any atom is 0.339 e. The van der Waals surface area contributed by atoms with Gasteiger partial charge in [0.25, 0.3) is 0 Å². The molecule has 1 saturated carbocycles. The lowest BCUT2D eigenvalue weighted by Gasteiger charge is -2.09. The molecular formula is C13H12N2O3. The van der Waals surface area contributed by atoms with Gasteiger partial charge in [-0.05, 0) is 25.0 Å². The Morgan fingerprint density at radius 1 is 1.33 bits per heavy atom. The first kappa shape index (κ1) is 10.8. The fraction of sp³-hybridized carbons (Fsp3) is 0.231. The van der Waals surface area contributed by atoms with Gasteiger partial charge >= 0.3 is 5.97 Å². The second kappa shape index (κ2) is 3.87. The van der Waals surface area contributed by atoms with Gasteiger partial charge in [0, 0.05) is 5.92 Å². The second-order valence-electron chi connectivity index (χ2n) is 4.42. The van der Waals surface area contributed by atoms with Gasteiger partial charge in [0.05, 0.1) is 11.9 Å². The molecule has 3 rings (SSSR count). The van der Waals surface area contributed by atoms with Crippen LogP contribution in [0.3, 0.4) is 0 Å². The molecule has 0 aliphatic heterocycles. The summed E-state index contributed by atoms with van der Waals surface area (Å²) in [6.07, 6.45) is 3.29. The predicted molar refractivity (Wildman–Crippen MR) is 64.2 cm³/mol. The van der Waals surface area contributed by atoms with E-state index in [1.807, 2.05) is 0 Å². The van der Waals surface area contributed by atoms with E-state index in [1.165, 1.54) is 10.9 Å². The van der Waals surface area contributed by atoms with Crippen molar-refractivity contribution in [2.75, 3.05) is 0 Å². The average Bonchev–Trinajstić information content (AvgIpc) is 3.09. The molecule has 0 saturated heterocycles. The largest absolute Gasteiger partial charge is 0.506 e. The van der Waals surface area contributed by atoms with Crippen molar-refractivity contribution in [3.8, 4) is 11.4 Å². The molecule has 0 bridgehead atoms. The number of carboxylic acid groups (broad SMARTS) is 1. The van der Waals surface area contributed by atoms with Gasteiger partial charge in [-0.3, -0.25) is 0 Å². The summed E-state index contributed by atoms with van der Waals surface area (Å²) in [5.74, 6) is -0.642. The van der Waals surface area contributed by atoms with Crippen LogP contribution in [0.2, 0.25) is 0 Å². The third-order valence-corrected chi connectivity index (χ3v) is 3.11. The monoisotopic (exact) mass is 244 g/mol. The van der Waals surface area contributed by atoms with Crippen LogP contribution in [-0.4, -0.2) is 26.0 Å². The van der Waals surface area contributed by atoms with Gasteiger partial charge in [0.15, 0.2) is 0 Å². The topological polar surface area (TPSA) is 75.3 Å². The van der Waals surface area contributed by atoms with Crippen molar-refractivity contribution in [1.29, 1.82) is 0 Å². The van der Waals surface area contributed by atoms with Crippen molar-refractivity contribution >= 4 is 5.97 Å². The Morgan fingerprint density at radius 3 is 2.67 bits per heavy atom. The summed E-state index contributed by atoms with van der Waals surface area (Å²) in [7, 11) is 0. The molecule has 1 aromatic heterocycles. The molecule has 1 aliphatic carbocycles. The summed E-state index contributed by atoms with van der Waals surface area (Å²) in [6, 6.07) is 6.79. The lowest BCUT2D eigenvalue weighted by Crippen LogP contribution is -2.05. The highest BCUT2D eigenvalue weighted by atomic mass is 16.4. The van der Waals surface area contributed by atoms with Gasteiger partial charge in [-0.25, -0.2) is 9.48 Å². The van der Waals surface area contributed by atoms with E-state index in [-0.39, 0.29) is 17.2 Å². The molecule has 2 N–H and O–H groups in total.